The molecule has 1 amide bonds. The Labute approximate surface area is 105 Å². The highest BCUT2D eigenvalue weighted by Gasteiger charge is 2.24. The smallest absolute Gasteiger partial charge is 0.247 e. The van der Waals surface area contributed by atoms with Crippen molar-refractivity contribution < 1.29 is 9.53 Å². The van der Waals surface area contributed by atoms with E-state index in [1.807, 2.05) is 24.3 Å². The number of hydrogen-bond acceptors (Lipinski definition) is 3. The van der Waals surface area contributed by atoms with E-state index in [4.69, 9.17) is 22.1 Å². The molecule has 1 saturated heterocycles. The van der Waals surface area contributed by atoms with Gasteiger partial charge in [-0.25, -0.2) is 0 Å². The second-order valence-corrected chi connectivity index (χ2v) is 4.60. The fraction of sp³-hybridized carbons (Fsp3) is 0.417. The zero-order valence-electron chi connectivity index (χ0n) is 9.36. The van der Waals surface area contributed by atoms with Crippen molar-refractivity contribution in [1.29, 1.82) is 0 Å². The summed E-state index contributed by atoms with van der Waals surface area (Å²) in [6.45, 7) is 0.976. The van der Waals surface area contributed by atoms with Gasteiger partial charge in [-0.2, -0.15) is 0 Å². The van der Waals surface area contributed by atoms with Gasteiger partial charge < -0.3 is 15.8 Å². The molecule has 92 valence electrons. The maximum Gasteiger partial charge on any atom is 0.247 e. The molecule has 1 aliphatic rings. The molecule has 3 N–H and O–H groups in total. The lowest BCUT2D eigenvalue weighted by atomic mass is 10.1. The van der Waals surface area contributed by atoms with E-state index < -0.39 is 12.0 Å². The van der Waals surface area contributed by atoms with Crippen LogP contribution in [0.2, 0.25) is 5.02 Å². The first-order valence-electron chi connectivity index (χ1n) is 5.54. The van der Waals surface area contributed by atoms with E-state index in [1.54, 1.807) is 0 Å². The van der Waals surface area contributed by atoms with Crippen LogP contribution in [0.25, 0.3) is 0 Å². The summed E-state index contributed by atoms with van der Waals surface area (Å²) in [5, 5.41) is 3.99. The van der Waals surface area contributed by atoms with Gasteiger partial charge in [-0.1, -0.05) is 23.7 Å². The summed E-state index contributed by atoms with van der Waals surface area (Å²) in [6.07, 6.45) is 0.347. The molecule has 1 aromatic carbocycles. The van der Waals surface area contributed by atoms with Crippen LogP contribution in [-0.4, -0.2) is 31.2 Å². The molecule has 5 heteroatoms. The zero-order valence-corrected chi connectivity index (χ0v) is 10.1. The van der Waals surface area contributed by atoms with Crippen LogP contribution in [0, 0.1) is 0 Å². The Balaban J connectivity index is 1.85. The molecule has 0 bridgehead atoms. The van der Waals surface area contributed by atoms with Gasteiger partial charge in [0, 0.05) is 17.6 Å². The number of nitrogens with two attached hydrogens (primary N) is 1. The molecule has 0 spiro atoms. The average molecular weight is 255 g/mol. The molecule has 0 aliphatic carbocycles. The third-order valence-corrected chi connectivity index (χ3v) is 3.06. The second kappa shape index (κ2) is 5.49. The second-order valence-electron chi connectivity index (χ2n) is 4.16. The number of morpholine rings is 1. The van der Waals surface area contributed by atoms with Crippen LogP contribution in [0.15, 0.2) is 24.3 Å². The minimum atomic E-state index is -0.503. The minimum Gasteiger partial charge on any atom is -0.367 e. The third kappa shape index (κ3) is 3.43. The van der Waals surface area contributed by atoms with Crippen molar-refractivity contribution >= 4 is 17.5 Å². The lowest BCUT2D eigenvalue weighted by Gasteiger charge is -2.28. The summed E-state index contributed by atoms with van der Waals surface area (Å²) >= 11 is 5.82. The van der Waals surface area contributed by atoms with Crippen LogP contribution in [-0.2, 0) is 16.0 Å². The van der Waals surface area contributed by atoms with Crippen molar-refractivity contribution in [3.63, 3.8) is 0 Å². The van der Waals surface area contributed by atoms with Gasteiger partial charge in [0.15, 0.2) is 0 Å². The van der Waals surface area contributed by atoms with Crippen LogP contribution in [0.3, 0.4) is 0 Å². The summed E-state index contributed by atoms with van der Waals surface area (Å²) in [7, 11) is 0. The third-order valence-electron chi connectivity index (χ3n) is 2.80. The molecule has 0 aromatic heterocycles. The summed E-state index contributed by atoms with van der Waals surface area (Å²) in [5.74, 6) is -0.414. The number of rotatable bonds is 3. The van der Waals surface area contributed by atoms with Crippen LogP contribution in [0.4, 0.5) is 0 Å². The summed E-state index contributed by atoms with van der Waals surface area (Å²) in [6, 6.07) is 7.93. The van der Waals surface area contributed by atoms with E-state index in [1.165, 1.54) is 5.56 Å². The number of carbonyl (C=O) groups is 1. The quantitative estimate of drug-likeness (QED) is 0.836. The van der Waals surface area contributed by atoms with Crippen LogP contribution in [0.1, 0.15) is 5.56 Å². The Morgan fingerprint density at radius 2 is 2.18 bits per heavy atom. The molecular weight excluding hydrogens is 240 g/mol. The summed E-state index contributed by atoms with van der Waals surface area (Å²) < 4.78 is 5.38. The predicted octanol–water partition coefficient (Wildman–Crippen LogP) is 0.725. The van der Waals surface area contributed by atoms with E-state index >= 15 is 0 Å². The largest absolute Gasteiger partial charge is 0.367 e. The number of ether oxygens (including phenoxy) is 1. The first kappa shape index (κ1) is 12.4. The van der Waals surface area contributed by atoms with Gasteiger partial charge in [0.25, 0.3) is 0 Å². The van der Waals surface area contributed by atoms with Gasteiger partial charge in [0.2, 0.25) is 5.91 Å². The minimum absolute atomic E-state index is 0.215. The highest BCUT2D eigenvalue weighted by molar-refractivity contribution is 6.30. The monoisotopic (exact) mass is 254 g/mol. The highest BCUT2D eigenvalue weighted by atomic mass is 35.5. The Kier molecular flexibility index (Phi) is 3.99. The van der Waals surface area contributed by atoms with Crippen molar-refractivity contribution in [1.82, 2.24) is 5.32 Å². The number of halogens is 1. The highest BCUT2D eigenvalue weighted by Crippen LogP contribution is 2.12. The number of nitrogens with one attached hydrogen (secondary N) is 1. The molecule has 4 nitrogen and oxygen atoms in total. The van der Waals surface area contributed by atoms with Gasteiger partial charge in [0.05, 0.1) is 6.61 Å². The van der Waals surface area contributed by atoms with Crippen molar-refractivity contribution in [2.45, 2.75) is 18.6 Å². The topological polar surface area (TPSA) is 64.4 Å². The first-order chi connectivity index (χ1) is 8.15. The number of carbonyl (C=O) groups excluding carboxylic acids is 1. The van der Waals surface area contributed by atoms with E-state index in [-0.39, 0.29) is 6.04 Å². The lowest BCUT2D eigenvalue weighted by molar-refractivity contribution is -0.132. The molecule has 2 rings (SSSR count). The molecule has 1 unspecified atom stereocenters. The Bertz CT molecular complexity index is 386. The maximum absolute atomic E-state index is 10.9. The average Bonchev–Trinajstić information content (AvgIpc) is 2.33. The molecule has 1 heterocycles. The molecule has 1 fully saturated rings. The fourth-order valence-electron chi connectivity index (χ4n) is 1.84. The van der Waals surface area contributed by atoms with E-state index in [2.05, 4.69) is 5.32 Å². The molecule has 1 aliphatic heterocycles. The van der Waals surface area contributed by atoms with E-state index in [9.17, 15) is 4.79 Å². The maximum atomic E-state index is 10.9. The van der Waals surface area contributed by atoms with E-state index in [0.717, 1.165) is 11.4 Å². The standard InChI is InChI=1S/C12H15ClN2O2/c13-9-3-1-8(2-4-9)5-10-7-17-11(6-15-10)12(14)16/h1-4,10-11,15H,5-7H2,(H2,14,16)/t10-,11?/m0/s1. The number of primary amides is 1. The van der Waals surface area contributed by atoms with Crippen molar-refractivity contribution in [2.75, 3.05) is 13.2 Å². The van der Waals surface area contributed by atoms with Crippen molar-refractivity contribution in [2.24, 2.45) is 5.73 Å². The molecule has 0 saturated carbocycles. The lowest BCUT2D eigenvalue weighted by Crippen LogP contribution is -2.51. The van der Waals surface area contributed by atoms with Crippen LogP contribution < -0.4 is 11.1 Å². The Hall–Kier alpha value is -1.10. The Morgan fingerprint density at radius 1 is 1.47 bits per heavy atom. The van der Waals surface area contributed by atoms with Gasteiger partial charge >= 0.3 is 0 Å². The number of benzene rings is 1. The molecule has 1 aromatic rings. The van der Waals surface area contributed by atoms with Gasteiger partial charge in [-0.15, -0.1) is 0 Å². The number of amides is 1. The van der Waals surface area contributed by atoms with Crippen LogP contribution >= 0.6 is 11.6 Å². The molecule has 0 radical (unpaired) electrons. The van der Waals surface area contributed by atoms with Gasteiger partial charge in [-0.05, 0) is 24.1 Å². The SMILES string of the molecule is NC(=O)C1CN[C@@H](Cc2ccc(Cl)cc2)CO1. The van der Waals surface area contributed by atoms with Gasteiger partial charge in [-0.3, -0.25) is 4.79 Å². The molecule has 17 heavy (non-hydrogen) atoms. The van der Waals surface area contributed by atoms with Gasteiger partial charge in [0.1, 0.15) is 6.10 Å². The fourth-order valence-corrected chi connectivity index (χ4v) is 1.97. The number of hydrogen-bond donors (Lipinski definition) is 2. The molecule has 2 atom stereocenters. The molecular formula is C12H15ClN2O2. The van der Waals surface area contributed by atoms with Crippen LogP contribution in [0.5, 0.6) is 0 Å². The normalized spacial score (nSPS) is 24.5. The van der Waals surface area contributed by atoms with E-state index in [0.29, 0.717) is 13.2 Å². The van der Waals surface area contributed by atoms with Crippen molar-refractivity contribution in [3.8, 4) is 0 Å². The predicted molar refractivity (Wildman–Crippen MR) is 65.9 cm³/mol. The summed E-state index contributed by atoms with van der Waals surface area (Å²) in [5.41, 5.74) is 6.35. The Morgan fingerprint density at radius 3 is 2.71 bits per heavy atom. The zero-order chi connectivity index (χ0) is 12.3. The first-order valence-corrected chi connectivity index (χ1v) is 5.91. The van der Waals surface area contributed by atoms with Crippen molar-refractivity contribution in [3.05, 3.63) is 34.9 Å². The summed E-state index contributed by atoms with van der Waals surface area (Å²) in [4.78, 5) is 10.9.